The zero-order valence-corrected chi connectivity index (χ0v) is 11.9. The standard InChI is InChI=1S/C11H17FN2O2S2/c1-8(7-17-2)6-14-18(15,16)11-5-9(13)3-4-10(11)12/h3-5,8,14H,6-7,13H2,1-2H3. The van der Waals surface area contributed by atoms with E-state index in [4.69, 9.17) is 5.73 Å². The fourth-order valence-corrected chi connectivity index (χ4v) is 3.36. The number of nitrogens with one attached hydrogen (secondary N) is 1. The number of hydrogen-bond donors (Lipinski definition) is 2. The molecule has 102 valence electrons. The van der Waals surface area contributed by atoms with Crippen molar-refractivity contribution in [2.75, 3.05) is 24.3 Å². The molecule has 0 aliphatic carbocycles. The first-order valence-electron chi connectivity index (χ1n) is 5.40. The van der Waals surface area contributed by atoms with Crippen LogP contribution in [0.2, 0.25) is 0 Å². The van der Waals surface area contributed by atoms with Crippen LogP contribution in [0, 0.1) is 11.7 Å². The molecule has 1 rings (SSSR count). The highest BCUT2D eigenvalue weighted by atomic mass is 32.2. The van der Waals surface area contributed by atoms with Crippen molar-refractivity contribution in [3.63, 3.8) is 0 Å². The van der Waals surface area contributed by atoms with Gasteiger partial charge < -0.3 is 5.73 Å². The maximum absolute atomic E-state index is 13.5. The maximum Gasteiger partial charge on any atom is 0.243 e. The summed E-state index contributed by atoms with van der Waals surface area (Å²) in [4.78, 5) is -0.404. The van der Waals surface area contributed by atoms with Crippen molar-refractivity contribution >= 4 is 27.5 Å². The molecule has 0 aliphatic rings. The average Bonchev–Trinajstić information content (AvgIpc) is 2.30. The smallest absolute Gasteiger partial charge is 0.243 e. The zero-order chi connectivity index (χ0) is 13.8. The third-order valence-corrected chi connectivity index (χ3v) is 4.66. The number of thioether (sulfide) groups is 1. The molecule has 0 aliphatic heterocycles. The minimum Gasteiger partial charge on any atom is -0.399 e. The average molecular weight is 292 g/mol. The molecule has 0 saturated carbocycles. The first-order chi connectivity index (χ1) is 8.36. The van der Waals surface area contributed by atoms with Gasteiger partial charge in [-0.2, -0.15) is 11.8 Å². The summed E-state index contributed by atoms with van der Waals surface area (Å²) in [7, 11) is -3.84. The van der Waals surface area contributed by atoms with Crippen LogP contribution >= 0.6 is 11.8 Å². The van der Waals surface area contributed by atoms with Gasteiger partial charge in [-0.05, 0) is 36.1 Å². The molecule has 1 unspecified atom stereocenters. The second-order valence-corrected chi connectivity index (χ2v) is 6.75. The Morgan fingerprint density at radius 1 is 1.50 bits per heavy atom. The molecule has 18 heavy (non-hydrogen) atoms. The predicted molar refractivity (Wildman–Crippen MR) is 73.5 cm³/mol. The van der Waals surface area contributed by atoms with Gasteiger partial charge in [0, 0.05) is 12.2 Å². The highest BCUT2D eigenvalue weighted by molar-refractivity contribution is 7.98. The van der Waals surface area contributed by atoms with Gasteiger partial charge in [-0.25, -0.2) is 17.5 Å². The summed E-state index contributed by atoms with van der Waals surface area (Å²) in [6.07, 6.45) is 1.95. The number of nitrogen functional groups attached to an aromatic ring is 1. The third-order valence-electron chi connectivity index (χ3n) is 2.32. The number of sulfonamides is 1. The van der Waals surface area contributed by atoms with Crippen molar-refractivity contribution in [1.82, 2.24) is 4.72 Å². The number of rotatable bonds is 6. The summed E-state index contributed by atoms with van der Waals surface area (Å²) in [6.45, 7) is 2.20. The highest BCUT2D eigenvalue weighted by Gasteiger charge is 2.19. The number of halogens is 1. The van der Waals surface area contributed by atoms with E-state index in [1.807, 2.05) is 13.2 Å². The summed E-state index contributed by atoms with van der Waals surface area (Å²) in [6, 6.07) is 3.50. The molecule has 0 saturated heterocycles. The summed E-state index contributed by atoms with van der Waals surface area (Å²) >= 11 is 1.63. The Labute approximate surface area is 111 Å². The second-order valence-electron chi connectivity index (χ2n) is 4.10. The minimum atomic E-state index is -3.84. The lowest BCUT2D eigenvalue weighted by atomic mass is 10.2. The third kappa shape index (κ3) is 4.15. The lowest BCUT2D eigenvalue weighted by Crippen LogP contribution is -2.30. The van der Waals surface area contributed by atoms with Gasteiger partial charge in [0.25, 0.3) is 0 Å². The monoisotopic (exact) mass is 292 g/mol. The lowest BCUT2D eigenvalue weighted by Gasteiger charge is -2.12. The molecule has 0 amide bonds. The zero-order valence-electron chi connectivity index (χ0n) is 10.3. The van der Waals surface area contributed by atoms with E-state index >= 15 is 0 Å². The van der Waals surface area contributed by atoms with Crippen molar-refractivity contribution in [1.29, 1.82) is 0 Å². The van der Waals surface area contributed by atoms with Crippen LogP contribution in [-0.4, -0.2) is 27.0 Å². The van der Waals surface area contributed by atoms with Gasteiger partial charge in [0.15, 0.2) is 0 Å². The Balaban J connectivity index is 2.83. The molecular weight excluding hydrogens is 275 g/mol. The fourth-order valence-electron chi connectivity index (χ4n) is 1.40. The normalized spacial score (nSPS) is 13.5. The molecule has 1 aromatic rings. The fraction of sp³-hybridized carbons (Fsp3) is 0.455. The van der Waals surface area contributed by atoms with Crippen LogP contribution in [0.4, 0.5) is 10.1 Å². The van der Waals surface area contributed by atoms with Crippen molar-refractivity contribution in [2.24, 2.45) is 5.92 Å². The van der Waals surface area contributed by atoms with Gasteiger partial charge in [0.05, 0.1) is 0 Å². The molecule has 1 aromatic carbocycles. The van der Waals surface area contributed by atoms with E-state index < -0.39 is 20.7 Å². The molecule has 7 heteroatoms. The van der Waals surface area contributed by atoms with E-state index in [0.29, 0.717) is 0 Å². The summed E-state index contributed by atoms with van der Waals surface area (Å²) in [5.74, 6) is 0.218. The van der Waals surface area contributed by atoms with E-state index in [-0.39, 0.29) is 18.2 Å². The second kappa shape index (κ2) is 6.40. The van der Waals surface area contributed by atoms with Gasteiger partial charge in [-0.3, -0.25) is 0 Å². The van der Waals surface area contributed by atoms with Crippen molar-refractivity contribution in [3.05, 3.63) is 24.0 Å². The Morgan fingerprint density at radius 2 is 2.17 bits per heavy atom. The highest BCUT2D eigenvalue weighted by Crippen LogP contribution is 2.17. The van der Waals surface area contributed by atoms with Gasteiger partial charge in [-0.1, -0.05) is 6.92 Å². The van der Waals surface area contributed by atoms with Crippen LogP contribution in [0.3, 0.4) is 0 Å². The van der Waals surface area contributed by atoms with Crippen molar-refractivity contribution in [3.8, 4) is 0 Å². The molecule has 4 nitrogen and oxygen atoms in total. The Morgan fingerprint density at radius 3 is 2.78 bits per heavy atom. The Hall–Kier alpha value is -0.790. The number of hydrogen-bond acceptors (Lipinski definition) is 4. The summed E-state index contributed by atoms with van der Waals surface area (Å²) in [5, 5.41) is 0. The van der Waals surface area contributed by atoms with Crippen LogP contribution in [0.25, 0.3) is 0 Å². The SMILES string of the molecule is CSCC(C)CNS(=O)(=O)c1cc(N)ccc1F. The molecule has 0 radical (unpaired) electrons. The van der Waals surface area contributed by atoms with Gasteiger partial charge >= 0.3 is 0 Å². The topological polar surface area (TPSA) is 72.2 Å². The van der Waals surface area contributed by atoms with Gasteiger partial charge in [0.1, 0.15) is 10.7 Å². The predicted octanol–water partition coefficient (Wildman–Crippen LogP) is 1.69. The molecule has 0 bridgehead atoms. The van der Waals surface area contributed by atoms with E-state index in [9.17, 15) is 12.8 Å². The molecule has 3 N–H and O–H groups in total. The van der Waals surface area contributed by atoms with Gasteiger partial charge in [0.2, 0.25) is 10.0 Å². The van der Waals surface area contributed by atoms with Crippen LogP contribution < -0.4 is 10.5 Å². The van der Waals surface area contributed by atoms with Crippen molar-refractivity contribution < 1.29 is 12.8 Å². The summed E-state index contributed by atoms with van der Waals surface area (Å²) in [5.41, 5.74) is 5.68. The quantitative estimate of drug-likeness (QED) is 0.783. The largest absolute Gasteiger partial charge is 0.399 e. The first-order valence-corrected chi connectivity index (χ1v) is 8.28. The van der Waals surface area contributed by atoms with Crippen LogP contribution in [0.5, 0.6) is 0 Å². The van der Waals surface area contributed by atoms with Crippen LogP contribution in [0.1, 0.15) is 6.92 Å². The first kappa shape index (κ1) is 15.3. The molecule has 0 heterocycles. The lowest BCUT2D eigenvalue weighted by molar-refractivity contribution is 0.545. The molecule has 0 aromatic heterocycles. The molecule has 0 spiro atoms. The molecular formula is C11H17FN2O2S2. The minimum absolute atomic E-state index is 0.180. The number of nitrogens with two attached hydrogens (primary N) is 1. The molecule has 0 fully saturated rings. The number of benzene rings is 1. The van der Waals surface area contributed by atoms with E-state index in [0.717, 1.165) is 17.9 Å². The maximum atomic E-state index is 13.5. The van der Waals surface area contributed by atoms with E-state index in [1.165, 1.54) is 6.07 Å². The Kier molecular flexibility index (Phi) is 5.43. The van der Waals surface area contributed by atoms with E-state index in [2.05, 4.69) is 4.72 Å². The van der Waals surface area contributed by atoms with Crippen LogP contribution in [0.15, 0.2) is 23.1 Å². The van der Waals surface area contributed by atoms with Crippen molar-refractivity contribution in [2.45, 2.75) is 11.8 Å². The van der Waals surface area contributed by atoms with E-state index in [1.54, 1.807) is 11.8 Å². The molecule has 1 atom stereocenters. The summed E-state index contributed by atoms with van der Waals surface area (Å²) < 4.78 is 39.7. The number of anilines is 1. The van der Waals surface area contributed by atoms with Gasteiger partial charge in [-0.15, -0.1) is 0 Å². The Bertz CT molecular complexity index is 506. The van der Waals surface area contributed by atoms with Crippen LogP contribution in [-0.2, 0) is 10.0 Å².